The molecule has 0 fully saturated rings. The summed E-state index contributed by atoms with van der Waals surface area (Å²) in [4.78, 5) is 8.77. The fraction of sp³-hybridized carbons (Fsp3) is 0.643. The summed E-state index contributed by atoms with van der Waals surface area (Å²) in [5.41, 5.74) is 0.454. The summed E-state index contributed by atoms with van der Waals surface area (Å²) in [6.45, 7) is 7.48. The summed E-state index contributed by atoms with van der Waals surface area (Å²) in [6.07, 6.45) is 3.45. The first-order valence-corrected chi connectivity index (χ1v) is 7.18. The third-order valence-electron chi connectivity index (χ3n) is 3.30. The Bertz CT molecular complexity index is 582. The number of ether oxygens (including phenoxy) is 2. The Hall–Kier alpha value is -1.89. The molecular weight excluding hydrogens is 270 g/mol. The van der Waals surface area contributed by atoms with Crippen molar-refractivity contribution in [2.45, 2.75) is 39.2 Å². The first kappa shape index (κ1) is 15.5. The SMILES string of the molecule is CCCNc1nc(OCCC(C)(C)OC)c2cn[nH]c2n1. The van der Waals surface area contributed by atoms with E-state index in [9.17, 15) is 0 Å². The Labute approximate surface area is 124 Å². The van der Waals surface area contributed by atoms with Crippen LogP contribution >= 0.6 is 0 Å². The zero-order chi connectivity index (χ0) is 15.3. The van der Waals surface area contributed by atoms with Gasteiger partial charge in [-0.1, -0.05) is 6.92 Å². The van der Waals surface area contributed by atoms with Gasteiger partial charge >= 0.3 is 0 Å². The number of anilines is 1. The Balaban J connectivity index is 2.11. The standard InChI is InChI=1S/C14H23N5O2/c1-5-7-15-13-17-11-10(9-16-19-11)12(18-13)21-8-6-14(2,3)20-4/h9H,5-8H2,1-4H3,(H2,15,16,17,18,19). The van der Waals surface area contributed by atoms with E-state index < -0.39 is 0 Å². The van der Waals surface area contributed by atoms with Gasteiger partial charge in [0.05, 0.1) is 18.4 Å². The fourth-order valence-corrected chi connectivity index (χ4v) is 1.73. The van der Waals surface area contributed by atoms with Gasteiger partial charge in [-0.15, -0.1) is 0 Å². The summed E-state index contributed by atoms with van der Waals surface area (Å²) in [5, 5.41) is 10.8. The van der Waals surface area contributed by atoms with Gasteiger partial charge < -0.3 is 14.8 Å². The van der Waals surface area contributed by atoms with Crippen LogP contribution in [0.25, 0.3) is 11.0 Å². The highest BCUT2D eigenvalue weighted by atomic mass is 16.5. The number of methoxy groups -OCH3 is 1. The Morgan fingerprint density at radius 2 is 2.14 bits per heavy atom. The summed E-state index contributed by atoms with van der Waals surface area (Å²) < 4.78 is 11.2. The molecule has 0 saturated heterocycles. The number of nitrogens with zero attached hydrogens (tertiary/aromatic N) is 3. The predicted molar refractivity (Wildman–Crippen MR) is 81.7 cm³/mol. The summed E-state index contributed by atoms with van der Waals surface area (Å²) in [6, 6.07) is 0. The van der Waals surface area contributed by atoms with E-state index >= 15 is 0 Å². The molecule has 0 aliphatic heterocycles. The van der Waals surface area contributed by atoms with E-state index in [0.29, 0.717) is 24.1 Å². The summed E-state index contributed by atoms with van der Waals surface area (Å²) in [7, 11) is 1.70. The van der Waals surface area contributed by atoms with Crippen molar-refractivity contribution < 1.29 is 9.47 Å². The molecule has 0 aliphatic carbocycles. The van der Waals surface area contributed by atoms with E-state index in [-0.39, 0.29) is 5.60 Å². The second-order valence-corrected chi connectivity index (χ2v) is 5.47. The number of fused-ring (bicyclic) bond motifs is 1. The van der Waals surface area contributed by atoms with Crippen molar-refractivity contribution in [2.75, 3.05) is 25.6 Å². The number of rotatable bonds is 8. The van der Waals surface area contributed by atoms with Crippen LogP contribution in [0.15, 0.2) is 6.20 Å². The minimum Gasteiger partial charge on any atom is -0.477 e. The van der Waals surface area contributed by atoms with Gasteiger partial charge in [0.25, 0.3) is 0 Å². The van der Waals surface area contributed by atoms with Crippen molar-refractivity contribution >= 4 is 17.0 Å². The zero-order valence-corrected chi connectivity index (χ0v) is 13.1. The molecule has 0 aliphatic rings. The fourth-order valence-electron chi connectivity index (χ4n) is 1.73. The summed E-state index contributed by atoms with van der Waals surface area (Å²) in [5.74, 6) is 1.09. The average molecular weight is 293 g/mol. The molecule has 2 aromatic heterocycles. The molecule has 21 heavy (non-hydrogen) atoms. The van der Waals surface area contributed by atoms with Crippen LogP contribution in [-0.4, -0.2) is 46.0 Å². The molecule has 2 aromatic rings. The molecule has 0 atom stereocenters. The van der Waals surface area contributed by atoms with Gasteiger partial charge in [0.15, 0.2) is 5.65 Å². The highest BCUT2D eigenvalue weighted by molar-refractivity contribution is 5.80. The molecule has 0 bridgehead atoms. The topological polar surface area (TPSA) is 85.0 Å². The van der Waals surface area contributed by atoms with Crippen LogP contribution in [0.2, 0.25) is 0 Å². The normalized spacial score (nSPS) is 11.8. The molecule has 2 N–H and O–H groups in total. The average Bonchev–Trinajstić information content (AvgIpc) is 2.93. The van der Waals surface area contributed by atoms with Gasteiger partial charge in [-0.05, 0) is 20.3 Å². The van der Waals surface area contributed by atoms with Crippen LogP contribution < -0.4 is 10.1 Å². The maximum atomic E-state index is 5.80. The van der Waals surface area contributed by atoms with Crippen LogP contribution in [0.5, 0.6) is 5.88 Å². The first-order chi connectivity index (χ1) is 10.1. The lowest BCUT2D eigenvalue weighted by Gasteiger charge is -2.22. The van der Waals surface area contributed by atoms with Crippen LogP contribution in [-0.2, 0) is 4.74 Å². The second-order valence-electron chi connectivity index (χ2n) is 5.47. The molecule has 116 valence electrons. The predicted octanol–water partition coefficient (Wildman–Crippen LogP) is 2.37. The Morgan fingerprint density at radius 1 is 1.33 bits per heavy atom. The van der Waals surface area contributed by atoms with E-state index in [1.165, 1.54) is 0 Å². The molecule has 0 unspecified atom stereocenters. The van der Waals surface area contributed by atoms with Crippen molar-refractivity contribution in [2.24, 2.45) is 0 Å². The van der Waals surface area contributed by atoms with Crippen LogP contribution in [0.3, 0.4) is 0 Å². The van der Waals surface area contributed by atoms with E-state index in [1.54, 1.807) is 13.3 Å². The monoisotopic (exact) mass is 293 g/mol. The molecule has 7 nitrogen and oxygen atoms in total. The minimum atomic E-state index is -0.216. The lowest BCUT2D eigenvalue weighted by molar-refractivity contribution is 0.00523. The molecule has 0 radical (unpaired) electrons. The maximum Gasteiger partial charge on any atom is 0.229 e. The minimum absolute atomic E-state index is 0.216. The van der Waals surface area contributed by atoms with E-state index in [4.69, 9.17) is 9.47 Å². The Morgan fingerprint density at radius 3 is 2.86 bits per heavy atom. The number of aromatic amines is 1. The zero-order valence-electron chi connectivity index (χ0n) is 13.1. The Kier molecular flexibility index (Phi) is 4.95. The van der Waals surface area contributed by atoms with Gasteiger partial charge in [0, 0.05) is 20.1 Å². The van der Waals surface area contributed by atoms with Crippen molar-refractivity contribution in [1.29, 1.82) is 0 Å². The van der Waals surface area contributed by atoms with Crippen molar-refractivity contribution in [3.05, 3.63) is 6.20 Å². The van der Waals surface area contributed by atoms with E-state index in [0.717, 1.165) is 24.8 Å². The quantitative estimate of drug-likeness (QED) is 0.777. The maximum absolute atomic E-state index is 5.80. The van der Waals surface area contributed by atoms with Gasteiger partial charge in [-0.2, -0.15) is 15.1 Å². The van der Waals surface area contributed by atoms with Crippen LogP contribution in [0.1, 0.15) is 33.6 Å². The third-order valence-corrected chi connectivity index (χ3v) is 3.30. The molecule has 2 heterocycles. The van der Waals surface area contributed by atoms with Gasteiger partial charge in [-0.25, -0.2) is 0 Å². The first-order valence-electron chi connectivity index (χ1n) is 7.18. The second kappa shape index (κ2) is 6.71. The number of nitrogens with one attached hydrogen (secondary N) is 2. The van der Waals surface area contributed by atoms with Crippen LogP contribution in [0, 0.1) is 0 Å². The van der Waals surface area contributed by atoms with E-state index in [1.807, 2.05) is 13.8 Å². The molecule has 0 amide bonds. The third kappa shape index (κ3) is 4.04. The molecule has 2 rings (SSSR count). The lowest BCUT2D eigenvalue weighted by Crippen LogP contribution is -2.25. The number of aromatic nitrogens is 4. The van der Waals surface area contributed by atoms with Crippen molar-refractivity contribution in [1.82, 2.24) is 20.2 Å². The van der Waals surface area contributed by atoms with Crippen LogP contribution in [0.4, 0.5) is 5.95 Å². The van der Waals surface area contributed by atoms with Gasteiger partial charge in [0.2, 0.25) is 11.8 Å². The van der Waals surface area contributed by atoms with Gasteiger partial charge in [-0.3, -0.25) is 5.10 Å². The largest absolute Gasteiger partial charge is 0.477 e. The molecule has 0 aromatic carbocycles. The van der Waals surface area contributed by atoms with E-state index in [2.05, 4.69) is 32.4 Å². The number of H-pyrrole nitrogens is 1. The highest BCUT2D eigenvalue weighted by Gasteiger charge is 2.17. The molecular formula is C14H23N5O2. The molecule has 0 spiro atoms. The van der Waals surface area contributed by atoms with Crippen molar-refractivity contribution in [3.63, 3.8) is 0 Å². The molecule has 0 saturated carbocycles. The summed E-state index contributed by atoms with van der Waals surface area (Å²) >= 11 is 0. The van der Waals surface area contributed by atoms with Gasteiger partial charge in [0.1, 0.15) is 5.39 Å². The highest BCUT2D eigenvalue weighted by Crippen LogP contribution is 2.23. The number of hydrogen-bond donors (Lipinski definition) is 2. The molecule has 7 heteroatoms. The smallest absolute Gasteiger partial charge is 0.229 e. The number of hydrogen-bond acceptors (Lipinski definition) is 6. The lowest BCUT2D eigenvalue weighted by atomic mass is 10.1. The van der Waals surface area contributed by atoms with Crippen molar-refractivity contribution in [3.8, 4) is 5.88 Å².